The van der Waals surface area contributed by atoms with Gasteiger partial charge in [0.1, 0.15) is 5.75 Å². The van der Waals surface area contributed by atoms with Crippen LogP contribution in [-0.2, 0) is 11.3 Å². The molecule has 188 valence electrons. The standard InChI is InChI=1S/C30H30N4O3/c1-37-24-14-10-21(11-15-24)28-17-26(25-6-2-3-7-27(25)33-28)30(36)32-23-12-8-20(9-13-23)18-34-16-4-5-22(19-34)29(31)35/h2-3,6-15,17,22H,4-5,16,18-19H2,1H3,(H2,31,35)(H,32,36). The summed E-state index contributed by atoms with van der Waals surface area (Å²) in [6.07, 6.45) is 1.83. The van der Waals surface area contributed by atoms with Gasteiger partial charge in [-0.15, -0.1) is 0 Å². The zero-order chi connectivity index (χ0) is 25.8. The average molecular weight is 495 g/mol. The smallest absolute Gasteiger partial charge is 0.256 e. The van der Waals surface area contributed by atoms with E-state index in [2.05, 4.69) is 10.2 Å². The summed E-state index contributed by atoms with van der Waals surface area (Å²) in [6.45, 7) is 2.39. The summed E-state index contributed by atoms with van der Waals surface area (Å²) in [5, 5.41) is 3.83. The van der Waals surface area contributed by atoms with Crippen molar-refractivity contribution in [3.8, 4) is 17.0 Å². The van der Waals surface area contributed by atoms with Crippen LogP contribution in [0.1, 0.15) is 28.8 Å². The largest absolute Gasteiger partial charge is 0.497 e. The van der Waals surface area contributed by atoms with Crippen LogP contribution in [0.4, 0.5) is 5.69 Å². The van der Waals surface area contributed by atoms with Crippen molar-refractivity contribution in [1.82, 2.24) is 9.88 Å². The summed E-state index contributed by atoms with van der Waals surface area (Å²) in [5.41, 5.74) is 10.3. The third kappa shape index (κ3) is 5.62. The number of amides is 2. The summed E-state index contributed by atoms with van der Waals surface area (Å²) in [7, 11) is 1.63. The van der Waals surface area contributed by atoms with Crippen molar-refractivity contribution in [1.29, 1.82) is 0 Å². The molecule has 1 aliphatic heterocycles. The number of aromatic nitrogens is 1. The van der Waals surface area contributed by atoms with Crippen LogP contribution in [0.3, 0.4) is 0 Å². The van der Waals surface area contributed by atoms with Crippen molar-refractivity contribution in [2.75, 3.05) is 25.5 Å². The van der Waals surface area contributed by atoms with E-state index in [1.165, 1.54) is 0 Å². The van der Waals surface area contributed by atoms with E-state index < -0.39 is 0 Å². The van der Waals surface area contributed by atoms with Crippen LogP contribution < -0.4 is 15.8 Å². The van der Waals surface area contributed by atoms with Gasteiger partial charge in [0.25, 0.3) is 5.91 Å². The minimum Gasteiger partial charge on any atom is -0.497 e. The number of nitrogens with one attached hydrogen (secondary N) is 1. The second-order valence-electron chi connectivity index (χ2n) is 9.43. The Morgan fingerprint density at radius 1 is 1.05 bits per heavy atom. The Morgan fingerprint density at radius 3 is 2.54 bits per heavy atom. The Hall–Kier alpha value is -4.23. The van der Waals surface area contributed by atoms with Gasteiger partial charge in [0.05, 0.1) is 29.8 Å². The molecule has 3 N–H and O–H groups in total. The fourth-order valence-corrected chi connectivity index (χ4v) is 4.85. The molecule has 0 aliphatic carbocycles. The number of methoxy groups -OCH3 is 1. The first-order chi connectivity index (χ1) is 18.0. The predicted molar refractivity (Wildman–Crippen MR) is 145 cm³/mol. The van der Waals surface area contributed by atoms with Gasteiger partial charge in [0.15, 0.2) is 0 Å². The van der Waals surface area contributed by atoms with Crippen LogP contribution in [0.25, 0.3) is 22.2 Å². The van der Waals surface area contributed by atoms with E-state index in [4.69, 9.17) is 15.5 Å². The van der Waals surface area contributed by atoms with E-state index in [1.54, 1.807) is 7.11 Å². The van der Waals surface area contributed by atoms with Gasteiger partial charge in [0.2, 0.25) is 5.91 Å². The summed E-state index contributed by atoms with van der Waals surface area (Å²) in [6, 6.07) is 25.0. The van der Waals surface area contributed by atoms with Crippen LogP contribution in [0.2, 0.25) is 0 Å². The molecule has 1 fully saturated rings. The maximum Gasteiger partial charge on any atom is 0.256 e. The van der Waals surface area contributed by atoms with E-state index in [1.807, 2.05) is 78.9 Å². The Morgan fingerprint density at radius 2 is 1.81 bits per heavy atom. The summed E-state index contributed by atoms with van der Waals surface area (Å²) < 4.78 is 5.26. The topological polar surface area (TPSA) is 97.5 Å². The van der Waals surface area contributed by atoms with Gasteiger partial charge < -0.3 is 15.8 Å². The lowest BCUT2D eigenvalue weighted by molar-refractivity contribution is -0.123. The number of nitrogens with two attached hydrogens (primary N) is 1. The lowest BCUT2D eigenvalue weighted by Gasteiger charge is -2.31. The number of rotatable bonds is 7. The maximum atomic E-state index is 13.4. The minimum absolute atomic E-state index is 0.0784. The number of likely N-dealkylation sites (tertiary alicyclic amines) is 1. The van der Waals surface area contributed by atoms with Gasteiger partial charge in [-0.25, -0.2) is 4.98 Å². The van der Waals surface area contributed by atoms with Crippen molar-refractivity contribution >= 4 is 28.4 Å². The molecule has 0 saturated carbocycles. The number of hydrogen-bond donors (Lipinski definition) is 2. The number of para-hydroxylation sites is 1. The second-order valence-corrected chi connectivity index (χ2v) is 9.43. The van der Waals surface area contributed by atoms with Crippen molar-refractivity contribution in [3.05, 3.63) is 90.0 Å². The first kappa shape index (κ1) is 24.5. The number of piperidine rings is 1. The highest BCUT2D eigenvalue weighted by Crippen LogP contribution is 2.27. The molecule has 5 rings (SSSR count). The summed E-state index contributed by atoms with van der Waals surface area (Å²) in [4.78, 5) is 32.0. The number of carbonyl (C=O) groups is 2. The number of hydrogen-bond acceptors (Lipinski definition) is 5. The number of ether oxygens (including phenoxy) is 1. The van der Waals surface area contributed by atoms with Crippen molar-refractivity contribution in [2.24, 2.45) is 11.7 Å². The van der Waals surface area contributed by atoms with Crippen LogP contribution in [-0.4, -0.2) is 41.9 Å². The fraction of sp³-hybridized carbons (Fsp3) is 0.233. The molecule has 0 bridgehead atoms. The van der Waals surface area contributed by atoms with Crippen LogP contribution in [0, 0.1) is 5.92 Å². The van der Waals surface area contributed by atoms with Gasteiger partial charge in [-0.2, -0.15) is 0 Å². The van der Waals surface area contributed by atoms with Crippen LogP contribution >= 0.6 is 0 Å². The Kier molecular flexibility index (Phi) is 7.14. The highest BCUT2D eigenvalue weighted by atomic mass is 16.5. The second kappa shape index (κ2) is 10.8. The quantitative estimate of drug-likeness (QED) is 0.382. The van der Waals surface area contributed by atoms with Gasteiger partial charge in [-0.3, -0.25) is 14.5 Å². The molecule has 1 aliphatic rings. The van der Waals surface area contributed by atoms with Crippen molar-refractivity contribution < 1.29 is 14.3 Å². The Balaban J connectivity index is 1.34. The van der Waals surface area contributed by atoms with Crippen LogP contribution in [0.15, 0.2) is 78.9 Å². The monoisotopic (exact) mass is 494 g/mol. The number of carbonyl (C=O) groups excluding carboxylic acids is 2. The van der Waals surface area contributed by atoms with Gasteiger partial charge in [0, 0.05) is 29.7 Å². The number of anilines is 1. The SMILES string of the molecule is COc1ccc(-c2cc(C(=O)Nc3ccc(CN4CCCC(C(N)=O)C4)cc3)c3ccccc3n2)cc1. The molecular formula is C30H30N4O3. The van der Waals surface area contributed by atoms with Crippen LogP contribution in [0.5, 0.6) is 5.75 Å². The van der Waals surface area contributed by atoms with Gasteiger partial charge in [-0.05, 0) is 73.5 Å². The average Bonchev–Trinajstić information content (AvgIpc) is 2.93. The molecule has 1 atom stereocenters. The molecule has 7 nitrogen and oxygen atoms in total. The lowest BCUT2D eigenvalue weighted by Crippen LogP contribution is -2.40. The zero-order valence-electron chi connectivity index (χ0n) is 20.8. The third-order valence-electron chi connectivity index (χ3n) is 6.87. The molecule has 2 amide bonds. The Labute approximate surface area is 216 Å². The van der Waals surface area contributed by atoms with E-state index in [9.17, 15) is 9.59 Å². The first-order valence-electron chi connectivity index (χ1n) is 12.5. The molecule has 0 radical (unpaired) electrons. The molecule has 37 heavy (non-hydrogen) atoms. The zero-order valence-corrected chi connectivity index (χ0v) is 20.8. The fourth-order valence-electron chi connectivity index (χ4n) is 4.85. The highest BCUT2D eigenvalue weighted by Gasteiger charge is 2.23. The molecule has 7 heteroatoms. The van der Waals surface area contributed by atoms with Crippen molar-refractivity contribution in [2.45, 2.75) is 19.4 Å². The van der Waals surface area contributed by atoms with E-state index in [0.717, 1.165) is 59.4 Å². The minimum atomic E-state index is -0.221. The third-order valence-corrected chi connectivity index (χ3v) is 6.87. The Bertz CT molecular complexity index is 1420. The number of nitrogens with zero attached hydrogens (tertiary/aromatic N) is 2. The van der Waals surface area contributed by atoms with Gasteiger partial charge in [-0.1, -0.05) is 30.3 Å². The normalized spacial score (nSPS) is 15.9. The molecule has 2 heterocycles. The van der Waals surface area contributed by atoms with E-state index >= 15 is 0 Å². The number of pyridine rings is 1. The highest BCUT2D eigenvalue weighted by molar-refractivity contribution is 6.13. The number of primary amides is 1. The molecule has 3 aromatic carbocycles. The lowest BCUT2D eigenvalue weighted by atomic mass is 9.97. The molecule has 1 unspecified atom stereocenters. The molecule has 1 aromatic heterocycles. The first-order valence-corrected chi connectivity index (χ1v) is 12.5. The maximum absolute atomic E-state index is 13.4. The molecule has 4 aromatic rings. The van der Waals surface area contributed by atoms with Crippen molar-refractivity contribution in [3.63, 3.8) is 0 Å². The molecule has 0 spiro atoms. The summed E-state index contributed by atoms with van der Waals surface area (Å²) >= 11 is 0. The number of fused-ring (bicyclic) bond motifs is 1. The molecular weight excluding hydrogens is 464 g/mol. The van der Waals surface area contributed by atoms with E-state index in [-0.39, 0.29) is 17.7 Å². The summed E-state index contributed by atoms with van der Waals surface area (Å²) in [5.74, 6) is 0.271. The predicted octanol–water partition coefficient (Wildman–Crippen LogP) is 4.86. The van der Waals surface area contributed by atoms with E-state index in [0.29, 0.717) is 17.8 Å². The number of benzene rings is 3. The molecule has 1 saturated heterocycles. The van der Waals surface area contributed by atoms with Gasteiger partial charge >= 0.3 is 0 Å².